The van der Waals surface area contributed by atoms with Gasteiger partial charge in [0.15, 0.2) is 0 Å². The number of para-hydroxylation sites is 1. The Labute approximate surface area is 127 Å². The van der Waals surface area contributed by atoms with Gasteiger partial charge in [0.2, 0.25) is 5.91 Å². The number of carbonyl (C=O) groups is 2. The number of ether oxygens (including phenoxy) is 1. The van der Waals surface area contributed by atoms with Crippen molar-refractivity contribution in [2.24, 2.45) is 0 Å². The number of nitrogens with zero attached hydrogens (tertiary/aromatic N) is 1. The van der Waals surface area contributed by atoms with Crippen LogP contribution in [0.15, 0.2) is 24.4 Å². The molecule has 1 aromatic carbocycles. The molecule has 0 saturated carbocycles. The molecule has 0 bridgehead atoms. The third-order valence-corrected chi connectivity index (χ3v) is 3.39. The van der Waals surface area contributed by atoms with E-state index in [1.54, 1.807) is 12.3 Å². The van der Waals surface area contributed by atoms with Crippen molar-refractivity contribution in [3.8, 4) is 5.75 Å². The third kappa shape index (κ3) is 3.28. The second-order valence-corrected chi connectivity index (χ2v) is 4.91. The first-order valence-electron chi connectivity index (χ1n) is 7.20. The molecule has 0 radical (unpaired) electrons. The molecule has 0 aliphatic heterocycles. The lowest BCUT2D eigenvalue weighted by Gasteiger charge is -2.09. The summed E-state index contributed by atoms with van der Waals surface area (Å²) in [7, 11) is 0. The van der Waals surface area contributed by atoms with Gasteiger partial charge in [0.1, 0.15) is 5.75 Å². The highest BCUT2D eigenvalue weighted by molar-refractivity contribution is 5.97. The van der Waals surface area contributed by atoms with Gasteiger partial charge < -0.3 is 14.9 Å². The van der Waals surface area contributed by atoms with Gasteiger partial charge in [-0.15, -0.1) is 0 Å². The van der Waals surface area contributed by atoms with Crippen molar-refractivity contribution in [3.63, 3.8) is 0 Å². The second-order valence-electron chi connectivity index (χ2n) is 4.91. The van der Waals surface area contributed by atoms with Crippen molar-refractivity contribution < 1.29 is 24.5 Å². The number of rotatable bonds is 7. The van der Waals surface area contributed by atoms with Crippen LogP contribution in [0.3, 0.4) is 0 Å². The zero-order valence-electron chi connectivity index (χ0n) is 12.4. The van der Waals surface area contributed by atoms with Gasteiger partial charge >= 0.3 is 5.97 Å². The van der Waals surface area contributed by atoms with Crippen LogP contribution in [0.2, 0.25) is 0 Å². The van der Waals surface area contributed by atoms with E-state index in [-0.39, 0.29) is 31.8 Å². The van der Waals surface area contributed by atoms with E-state index in [1.807, 2.05) is 19.1 Å². The topological polar surface area (TPSA) is 88.8 Å². The van der Waals surface area contributed by atoms with Crippen LogP contribution in [-0.2, 0) is 11.4 Å². The van der Waals surface area contributed by atoms with E-state index in [9.17, 15) is 14.7 Å². The quantitative estimate of drug-likeness (QED) is 0.820. The fourth-order valence-corrected chi connectivity index (χ4v) is 2.43. The zero-order valence-corrected chi connectivity index (χ0v) is 12.4. The summed E-state index contributed by atoms with van der Waals surface area (Å²) >= 11 is 0. The Morgan fingerprint density at radius 1 is 1.27 bits per heavy atom. The lowest BCUT2D eigenvalue weighted by molar-refractivity contribution is -0.137. The molecule has 0 fully saturated rings. The maximum absolute atomic E-state index is 12.4. The first kappa shape index (κ1) is 16.0. The maximum atomic E-state index is 12.4. The van der Waals surface area contributed by atoms with Gasteiger partial charge in [-0.3, -0.25) is 14.2 Å². The van der Waals surface area contributed by atoms with Gasteiger partial charge in [0, 0.05) is 30.0 Å². The summed E-state index contributed by atoms with van der Waals surface area (Å²) in [6.45, 7) is 2.14. The van der Waals surface area contributed by atoms with E-state index in [0.29, 0.717) is 23.4 Å². The van der Waals surface area contributed by atoms with Gasteiger partial charge in [-0.1, -0.05) is 12.1 Å². The minimum absolute atomic E-state index is 0.0455. The minimum Gasteiger partial charge on any atom is -0.492 e. The number of aliphatic hydroxyl groups excluding tert-OH is 1. The Hall–Kier alpha value is -2.34. The average Bonchev–Trinajstić information content (AvgIpc) is 2.87. The van der Waals surface area contributed by atoms with Crippen molar-refractivity contribution in [2.45, 2.75) is 32.8 Å². The molecule has 118 valence electrons. The van der Waals surface area contributed by atoms with Crippen LogP contribution in [0.25, 0.3) is 10.9 Å². The van der Waals surface area contributed by atoms with Crippen LogP contribution in [0.4, 0.5) is 0 Å². The molecule has 6 heteroatoms. The number of aromatic nitrogens is 1. The first-order chi connectivity index (χ1) is 10.6. The van der Waals surface area contributed by atoms with E-state index in [2.05, 4.69) is 0 Å². The molecule has 0 saturated heterocycles. The van der Waals surface area contributed by atoms with Crippen LogP contribution in [0, 0.1) is 0 Å². The molecule has 1 aromatic heterocycles. The van der Waals surface area contributed by atoms with Crippen LogP contribution in [0.5, 0.6) is 5.75 Å². The Morgan fingerprint density at radius 3 is 2.68 bits per heavy atom. The molecule has 0 spiro atoms. The Bertz CT molecular complexity index is 689. The molecular formula is C16H19NO5. The van der Waals surface area contributed by atoms with Gasteiger partial charge in [0.25, 0.3) is 0 Å². The summed E-state index contributed by atoms with van der Waals surface area (Å²) < 4.78 is 7.01. The number of fused-ring (bicyclic) bond motifs is 1. The monoisotopic (exact) mass is 305 g/mol. The molecule has 0 unspecified atom stereocenters. The molecule has 6 nitrogen and oxygen atoms in total. The van der Waals surface area contributed by atoms with Crippen LogP contribution in [0.1, 0.15) is 36.5 Å². The lowest BCUT2D eigenvalue weighted by atomic mass is 10.1. The molecule has 2 rings (SSSR count). The molecule has 2 N–H and O–H groups in total. The molecule has 0 atom stereocenters. The lowest BCUT2D eigenvalue weighted by Crippen LogP contribution is -2.10. The molecule has 0 aliphatic rings. The highest BCUT2D eigenvalue weighted by atomic mass is 16.5. The summed E-state index contributed by atoms with van der Waals surface area (Å²) in [5.41, 5.74) is 1.26. The van der Waals surface area contributed by atoms with E-state index in [0.717, 1.165) is 5.39 Å². The van der Waals surface area contributed by atoms with Gasteiger partial charge in [-0.2, -0.15) is 0 Å². The van der Waals surface area contributed by atoms with Crippen LogP contribution < -0.4 is 4.74 Å². The number of carboxylic acids is 1. The molecule has 0 amide bonds. The van der Waals surface area contributed by atoms with E-state index in [4.69, 9.17) is 9.84 Å². The highest BCUT2D eigenvalue weighted by Crippen LogP contribution is 2.30. The maximum Gasteiger partial charge on any atom is 0.303 e. The van der Waals surface area contributed by atoms with Crippen LogP contribution >= 0.6 is 0 Å². The van der Waals surface area contributed by atoms with Gasteiger partial charge in [0.05, 0.1) is 18.7 Å². The summed E-state index contributed by atoms with van der Waals surface area (Å²) in [6, 6.07) is 5.41. The predicted molar refractivity (Wildman–Crippen MR) is 81.1 cm³/mol. The molecular weight excluding hydrogens is 286 g/mol. The largest absolute Gasteiger partial charge is 0.492 e. The number of carboxylic acid groups (broad SMARTS) is 1. The van der Waals surface area contributed by atoms with Crippen molar-refractivity contribution in [1.29, 1.82) is 0 Å². The smallest absolute Gasteiger partial charge is 0.303 e. The number of aliphatic carboxylic acids is 1. The van der Waals surface area contributed by atoms with Crippen molar-refractivity contribution >= 4 is 22.8 Å². The zero-order chi connectivity index (χ0) is 16.1. The third-order valence-electron chi connectivity index (χ3n) is 3.39. The van der Waals surface area contributed by atoms with E-state index < -0.39 is 5.97 Å². The van der Waals surface area contributed by atoms with Crippen molar-refractivity contribution in [2.75, 3.05) is 6.61 Å². The van der Waals surface area contributed by atoms with E-state index >= 15 is 0 Å². The molecule has 0 aliphatic carbocycles. The van der Waals surface area contributed by atoms with Crippen molar-refractivity contribution in [3.05, 3.63) is 30.0 Å². The molecule has 1 heterocycles. The fourth-order valence-electron chi connectivity index (χ4n) is 2.43. The summed E-state index contributed by atoms with van der Waals surface area (Å²) in [6.07, 6.45) is 1.95. The normalized spacial score (nSPS) is 10.8. The minimum atomic E-state index is -0.920. The number of hydrogen-bond acceptors (Lipinski definition) is 4. The second kappa shape index (κ2) is 7.09. The fraction of sp³-hybridized carbons (Fsp3) is 0.375. The van der Waals surface area contributed by atoms with Crippen LogP contribution in [-0.4, -0.2) is 33.3 Å². The van der Waals surface area contributed by atoms with E-state index in [1.165, 1.54) is 4.57 Å². The van der Waals surface area contributed by atoms with Gasteiger partial charge in [-0.05, 0) is 19.4 Å². The van der Waals surface area contributed by atoms with Crippen molar-refractivity contribution in [1.82, 2.24) is 4.57 Å². The Balaban J connectivity index is 2.39. The Kier molecular flexibility index (Phi) is 5.16. The molecule has 22 heavy (non-hydrogen) atoms. The first-order valence-corrected chi connectivity index (χ1v) is 7.20. The predicted octanol–water partition coefficient (Wildman–Crippen LogP) is 2.43. The number of benzene rings is 1. The molecule has 2 aromatic rings. The summed E-state index contributed by atoms with van der Waals surface area (Å²) in [4.78, 5) is 22.9. The summed E-state index contributed by atoms with van der Waals surface area (Å²) in [5.74, 6) is -0.555. The number of hydrogen-bond donors (Lipinski definition) is 2. The average molecular weight is 305 g/mol. The van der Waals surface area contributed by atoms with Gasteiger partial charge in [-0.25, -0.2) is 0 Å². The highest BCUT2D eigenvalue weighted by Gasteiger charge is 2.17. The summed E-state index contributed by atoms with van der Waals surface area (Å²) in [5, 5.41) is 18.9. The number of aliphatic hydroxyl groups is 1. The Morgan fingerprint density at radius 2 is 2.05 bits per heavy atom. The standard InChI is InChI=1S/C16H19NO5/c1-2-22-13-6-3-5-12-11(10-18)9-17(16(12)13)14(19)7-4-8-15(20)21/h3,5-6,9,18H,2,4,7-8,10H2,1H3,(H,20,21). The number of carbonyl (C=O) groups excluding carboxylic acids is 1. The SMILES string of the molecule is CCOc1cccc2c(CO)cn(C(=O)CCCC(=O)O)c12.